The maximum atomic E-state index is 13.8. The third-order valence-corrected chi connectivity index (χ3v) is 10.7. The Morgan fingerprint density at radius 1 is 0.955 bits per heavy atom. The summed E-state index contributed by atoms with van der Waals surface area (Å²) in [6.07, 6.45) is 8.24. The quantitative estimate of drug-likeness (QED) is 0.0888. The van der Waals surface area contributed by atoms with Crippen LogP contribution in [0.2, 0.25) is 0 Å². The molecule has 6 nitrogen and oxygen atoms in total. The first-order valence-electron chi connectivity index (χ1n) is 16.0. The smallest absolute Gasteiger partial charge is 0.340 e. The van der Waals surface area contributed by atoms with Crippen LogP contribution in [0.1, 0.15) is 112 Å². The zero-order chi connectivity index (χ0) is 30.8. The van der Waals surface area contributed by atoms with E-state index in [2.05, 4.69) is 6.92 Å². The summed E-state index contributed by atoms with van der Waals surface area (Å²) in [5.74, 6) is 0.436. The average Bonchev–Trinajstić information content (AvgIpc) is 3.03. The van der Waals surface area contributed by atoms with E-state index >= 15 is 0 Å². The van der Waals surface area contributed by atoms with Gasteiger partial charge in [-0.25, -0.2) is 4.79 Å². The number of unbranched alkanes of at least 4 members (excludes halogenated alkanes) is 1. The molecule has 3 aliphatic carbocycles. The van der Waals surface area contributed by atoms with Crippen molar-refractivity contribution in [2.24, 2.45) is 11.8 Å². The van der Waals surface area contributed by atoms with Gasteiger partial charge in [0.2, 0.25) is 0 Å². The topological polar surface area (TPSA) is 95.7 Å². The molecule has 0 aromatic heterocycles. The highest BCUT2D eigenvalue weighted by atomic mass is 32.2. The van der Waals surface area contributed by atoms with Gasteiger partial charge in [0, 0.05) is 33.9 Å². The van der Waals surface area contributed by atoms with Crippen molar-refractivity contribution in [3.05, 3.63) is 93.5 Å². The number of aryl methyl sites for hydroxylation is 1. The second-order valence-electron chi connectivity index (χ2n) is 12.5. The molecule has 0 heterocycles. The predicted octanol–water partition coefficient (Wildman–Crippen LogP) is 7.96. The third kappa shape index (κ3) is 6.09. The zero-order valence-corrected chi connectivity index (χ0v) is 26.4. The van der Waals surface area contributed by atoms with E-state index in [4.69, 9.17) is 15.2 Å². The van der Waals surface area contributed by atoms with Gasteiger partial charge in [0.25, 0.3) is 0 Å². The van der Waals surface area contributed by atoms with E-state index in [1.54, 1.807) is 30.3 Å². The molecule has 2 saturated carbocycles. The minimum absolute atomic E-state index is 0.0216. The zero-order valence-electron chi connectivity index (χ0n) is 25.6. The van der Waals surface area contributed by atoms with Crippen molar-refractivity contribution in [1.29, 1.82) is 0 Å². The van der Waals surface area contributed by atoms with Gasteiger partial charge in [-0.3, -0.25) is 9.59 Å². The lowest BCUT2D eigenvalue weighted by Crippen LogP contribution is -2.41. The molecule has 230 valence electrons. The molecule has 4 unspecified atom stereocenters. The number of anilines is 1. The Kier molecular flexibility index (Phi) is 9.24. The van der Waals surface area contributed by atoms with Crippen molar-refractivity contribution >= 4 is 35.0 Å². The van der Waals surface area contributed by atoms with Crippen molar-refractivity contribution < 1.29 is 23.9 Å². The summed E-state index contributed by atoms with van der Waals surface area (Å²) in [6, 6.07) is 16.6. The number of thioether (sulfide) groups is 1. The summed E-state index contributed by atoms with van der Waals surface area (Å²) in [4.78, 5) is 41.9. The van der Waals surface area contributed by atoms with E-state index in [9.17, 15) is 14.4 Å². The first kappa shape index (κ1) is 30.6. The molecule has 0 bridgehead atoms. The fraction of sp³-hybridized carbons (Fsp3) is 0.432. The summed E-state index contributed by atoms with van der Waals surface area (Å²) in [6.45, 7) is 5.03. The number of esters is 1. The number of nitrogens with two attached hydrogens (primary N) is 1. The summed E-state index contributed by atoms with van der Waals surface area (Å²) >= 11 is 1.43. The summed E-state index contributed by atoms with van der Waals surface area (Å²) in [5.41, 5.74) is 10.1. The monoisotopic (exact) mass is 611 g/mol. The lowest BCUT2D eigenvalue weighted by atomic mass is 9.68. The van der Waals surface area contributed by atoms with E-state index in [-0.39, 0.29) is 40.0 Å². The molecule has 6 rings (SSSR count). The number of rotatable bonds is 9. The van der Waals surface area contributed by atoms with Crippen molar-refractivity contribution in [2.75, 3.05) is 12.3 Å². The first-order chi connectivity index (χ1) is 21.4. The molecule has 3 aliphatic rings. The van der Waals surface area contributed by atoms with Gasteiger partial charge in [-0.1, -0.05) is 73.9 Å². The SMILES string of the molecule is CCCCOC1CCCC2CC(OC(=O)c3cc(SCc4ccc(C)cc4)c4c(c3N)C(=O)c3ccccc3C4=O)CCC21. The molecule has 7 heteroatoms. The lowest BCUT2D eigenvalue weighted by Gasteiger charge is -2.43. The number of ether oxygens (including phenoxy) is 2. The van der Waals surface area contributed by atoms with Crippen molar-refractivity contribution in [1.82, 2.24) is 0 Å². The van der Waals surface area contributed by atoms with Gasteiger partial charge < -0.3 is 15.2 Å². The summed E-state index contributed by atoms with van der Waals surface area (Å²) in [5, 5.41) is 0. The second-order valence-corrected chi connectivity index (χ2v) is 13.5. The number of carbonyl (C=O) groups excluding carboxylic acids is 3. The molecule has 2 N–H and O–H groups in total. The van der Waals surface area contributed by atoms with Crippen molar-refractivity contribution in [2.45, 2.75) is 88.1 Å². The van der Waals surface area contributed by atoms with Gasteiger partial charge in [0.05, 0.1) is 22.9 Å². The molecule has 0 saturated heterocycles. The van der Waals surface area contributed by atoms with Crippen LogP contribution < -0.4 is 5.73 Å². The second kappa shape index (κ2) is 13.3. The number of ketones is 2. The molecule has 3 aromatic carbocycles. The summed E-state index contributed by atoms with van der Waals surface area (Å²) < 4.78 is 12.4. The van der Waals surface area contributed by atoms with Crippen LogP contribution in [0, 0.1) is 18.8 Å². The fourth-order valence-corrected chi connectivity index (χ4v) is 8.24. The van der Waals surface area contributed by atoms with E-state index in [0.717, 1.165) is 69.1 Å². The summed E-state index contributed by atoms with van der Waals surface area (Å²) in [7, 11) is 0. The number of hydrogen-bond donors (Lipinski definition) is 1. The Morgan fingerprint density at radius 2 is 1.68 bits per heavy atom. The van der Waals surface area contributed by atoms with Crippen LogP contribution in [0.5, 0.6) is 0 Å². The molecule has 4 atom stereocenters. The van der Waals surface area contributed by atoms with Crippen LogP contribution in [0.15, 0.2) is 59.5 Å². The van der Waals surface area contributed by atoms with Crippen LogP contribution in [0.25, 0.3) is 0 Å². The van der Waals surface area contributed by atoms with Crippen molar-refractivity contribution in [3.63, 3.8) is 0 Å². The minimum atomic E-state index is -0.531. The lowest BCUT2D eigenvalue weighted by molar-refractivity contribution is -0.0703. The Bertz CT molecular complexity index is 1560. The molecule has 0 amide bonds. The molecule has 0 radical (unpaired) electrons. The Labute approximate surface area is 264 Å². The predicted molar refractivity (Wildman–Crippen MR) is 173 cm³/mol. The fourth-order valence-electron chi connectivity index (χ4n) is 7.18. The van der Waals surface area contributed by atoms with Gasteiger partial charge in [-0.15, -0.1) is 11.8 Å². The van der Waals surface area contributed by atoms with Crippen LogP contribution in [0.4, 0.5) is 5.69 Å². The molecule has 0 aliphatic heterocycles. The van der Waals surface area contributed by atoms with Crippen LogP contribution in [-0.2, 0) is 15.2 Å². The van der Waals surface area contributed by atoms with Gasteiger partial charge in [0.15, 0.2) is 11.6 Å². The number of carbonyl (C=O) groups is 3. The van der Waals surface area contributed by atoms with Crippen LogP contribution in [0.3, 0.4) is 0 Å². The van der Waals surface area contributed by atoms with Crippen LogP contribution >= 0.6 is 11.8 Å². The number of hydrogen-bond acceptors (Lipinski definition) is 7. The minimum Gasteiger partial charge on any atom is -0.459 e. The van der Waals surface area contributed by atoms with E-state index in [0.29, 0.717) is 39.7 Å². The normalized spacial score (nSPS) is 22.6. The van der Waals surface area contributed by atoms with E-state index in [1.165, 1.54) is 11.8 Å². The maximum absolute atomic E-state index is 13.8. The molecule has 3 aromatic rings. The van der Waals surface area contributed by atoms with Crippen molar-refractivity contribution in [3.8, 4) is 0 Å². The first-order valence-corrected chi connectivity index (χ1v) is 17.0. The Hall–Kier alpha value is -3.42. The number of fused-ring (bicyclic) bond motifs is 3. The van der Waals surface area contributed by atoms with E-state index < -0.39 is 5.97 Å². The molecule has 44 heavy (non-hydrogen) atoms. The van der Waals surface area contributed by atoms with Gasteiger partial charge in [-0.05, 0) is 68.9 Å². The number of benzene rings is 3. The highest BCUT2D eigenvalue weighted by Crippen LogP contribution is 2.44. The molecular weight excluding hydrogens is 570 g/mol. The number of nitrogen functional groups attached to an aromatic ring is 1. The highest BCUT2D eigenvalue weighted by molar-refractivity contribution is 7.98. The van der Waals surface area contributed by atoms with Gasteiger partial charge in [0.1, 0.15) is 6.10 Å². The van der Waals surface area contributed by atoms with Gasteiger partial charge in [-0.2, -0.15) is 0 Å². The average molecular weight is 612 g/mol. The molecule has 0 spiro atoms. The Balaban J connectivity index is 1.26. The maximum Gasteiger partial charge on any atom is 0.340 e. The van der Waals surface area contributed by atoms with Gasteiger partial charge >= 0.3 is 5.97 Å². The largest absolute Gasteiger partial charge is 0.459 e. The third-order valence-electron chi connectivity index (χ3n) is 9.57. The molecule has 2 fully saturated rings. The van der Waals surface area contributed by atoms with E-state index in [1.807, 2.05) is 31.2 Å². The highest BCUT2D eigenvalue weighted by Gasteiger charge is 2.40. The standard InChI is InChI=1S/C37H41NO5S/c1-3-4-18-42-30-11-7-8-24-19-25(16-17-26(24)30)43-37(41)29-20-31(44-21-23-14-12-22(2)13-15-23)32-33(34(29)38)36(40)28-10-6-5-9-27(28)35(32)39/h5-6,9-10,12-15,20,24-26,30H,3-4,7-8,11,16-19,21,38H2,1-2H3. The molecular formula is C37H41NO5S. The van der Waals surface area contributed by atoms with Crippen LogP contribution in [-0.4, -0.2) is 36.4 Å². The Morgan fingerprint density at radius 3 is 2.41 bits per heavy atom.